The topological polar surface area (TPSA) is 51.1 Å². The van der Waals surface area contributed by atoms with E-state index in [4.69, 9.17) is 11.6 Å². The normalized spacial score (nSPS) is 17.3. The first-order valence-corrected chi connectivity index (χ1v) is 11.1. The Morgan fingerprint density at radius 3 is 2.38 bits per heavy atom. The lowest BCUT2D eigenvalue weighted by Crippen LogP contribution is -2.51. The standard InChI is InChI=1S/C23H25BClF2N3O2/c1-7-17-12(3)22-21(19-11-16(30(31)32)9-10-20(19)25)23-13(4)18(8-2)15(6)29(23)24(26,27)28(22)14(17)5/h9-11H,7-8H2,1-6H3. The number of hydrogen-bond acceptors (Lipinski definition) is 2. The third-order valence-corrected chi connectivity index (χ3v) is 7.26. The molecule has 5 nitrogen and oxygen atoms in total. The first-order valence-electron chi connectivity index (χ1n) is 10.7. The highest BCUT2D eigenvalue weighted by atomic mass is 35.5. The van der Waals surface area contributed by atoms with Crippen molar-refractivity contribution in [3.8, 4) is 0 Å². The summed E-state index contributed by atoms with van der Waals surface area (Å²) in [4.78, 5) is 11.0. The van der Waals surface area contributed by atoms with Crippen LogP contribution in [0, 0.1) is 24.0 Å². The Labute approximate surface area is 190 Å². The molecule has 0 bridgehead atoms. The Morgan fingerprint density at radius 2 is 1.81 bits per heavy atom. The maximum atomic E-state index is 16.2. The van der Waals surface area contributed by atoms with E-state index in [2.05, 4.69) is 0 Å². The van der Waals surface area contributed by atoms with Crippen LogP contribution in [-0.4, -0.2) is 26.6 Å². The molecule has 4 rings (SSSR count). The molecular weight excluding hydrogens is 435 g/mol. The van der Waals surface area contributed by atoms with E-state index in [0.717, 1.165) is 31.2 Å². The van der Waals surface area contributed by atoms with Gasteiger partial charge in [0.05, 0.1) is 10.5 Å². The summed E-state index contributed by atoms with van der Waals surface area (Å²) < 4.78 is 34.7. The third-order valence-electron chi connectivity index (χ3n) is 6.93. The molecule has 0 spiro atoms. The van der Waals surface area contributed by atoms with Crippen LogP contribution in [0.5, 0.6) is 0 Å². The molecule has 0 saturated carbocycles. The number of allylic oxidation sites excluding steroid dienone is 2. The maximum Gasteiger partial charge on any atom is 0.737 e. The van der Waals surface area contributed by atoms with Gasteiger partial charge in [0.2, 0.25) is 0 Å². The molecule has 0 saturated heterocycles. The lowest BCUT2D eigenvalue weighted by molar-refractivity contribution is -0.384. The predicted octanol–water partition coefficient (Wildman–Crippen LogP) is 6.44. The number of non-ortho nitro benzene ring substituents is 1. The second kappa shape index (κ2) is 7.41. The first-order chi connectivity index (χ1) is 15.0. The molecule has 0 amide bonds. The number of halogens is 3. The predicted molar refractivity (Wildman–Crippen MR) is 125 cm³/mol. The molecule has 2 aliphatic rings. The smallest absolute Gasteiger partial charge is 0.393 e. The lowest BCUT2D eigenvalue weighted by atomic mass is 9.83. The van der Waals surface area contributed by atoms with E-state index >= 15 is 8.63 Å². The quantitative estimate of drug-likeness (QED) is 0.300. The Kier molecular flexibility index (Phi) is 5.20. The molecule has 0 aliphatic carbocycles. The molecule has 32 heavy (non-hydrogen) atoms. The SMILES string of the molecule is CCC1=C(C)C2=C(c3cc([N+](=O)[O-])ccc3Cl)c3c(C)c(CC)c(C)n3[B-](F)(F)[N+]2=C1C. The second-order valence-corrected chi connectivity index (χ2v) is 8.81. The second-order valence-electron chi connectivity index (χ2n) is 8.41. The van der Waals surface area contributed by atoms with Gasteiger partial charge >= 0.3 is 6.97 Å². The highest BCUT2D eigenvalue weighted by molar-refractivity contribution is 6.58. The van der Waals surface area contributed by atoms with Crippen LogP contribution in [-0.2, 0) is 6.42 Å². The van der Waals surface area contributed by atoms with Gasteiger partial charge in [-0.05, 0) is 56.5 Å². The monoisotopic (exact) mass is 459 g/mol. The molecule has 0 radical (unpaired) electrons. The minimum absolute atomic E-state index is 0.133. The lowest BCUT2D eigenvalue weighted by Gasteiger charge is -2.34. The van der Waals surface area contributed by atoms with Crippen molar-refractivity contribution in [3.05, 3.63) is 78.3 Å². The van der Waals surface area contributed by atoms with E-state index < -0.39 is 11.9 Å². The van der Waals surface area contributed by atoms with Crippen molar-refractivity contribution < 1.29 is 18.0 Å². The summed E-state index contributed by atoms with van der Waals surface area (Å²) in [6.07, 6.45) is 1.21. The van der Waals surface area contributed by atoms with E-state index in [1.807, 2.05) is 27.7 Å². The first kappa shape index (κ1) is 22.5. The van der Waals surface area contributed by atoms with Crippen LogP contribution in [0.15, 0.2) is 35.0 Å². The fourth-order valence-electron chi connectivity index (χ4n) is 5.55. The number of nitrogens with zero attached hydrogens (tertiary/aromatic N) is 3. The van der Waals surface area contributed by atoms with Crippen molar-refractivity contribution in [2.75, 3.05) is 0 Å². The van der Waals surface area contributed by atoms with Gasteiger partial charge in [-0.15, -0.1) is 0 Å². The van der Waals surface area contributed by atoms with Gasteiger partial charge in [0.15, 0.2) is 5.70 Å². The average Bonchev–Trinajstić information content (AvgIpc) is 3.13. The van der Waals surface area contributed by atoms with Crippen LogP contribution < -0.4 is 0 Å². The largest absolute Gasteiger partial charge is 0.737 e. The zero-order chi connectivity index (χ0) is 23.7. The van der Waals surface area contributed by atoms with Gasteiger partial charge in [-0.25, -0.2) is 0 Å². The van der Waals surface area contributed by atoms with Crippen molar-refractivity contribution in [1.82, 2.24) is 4.48 Å². The van der Waals surface area contributed by atoms with Crippen molar-refractivity contribution in [2.45, 2.75) is 54.4 Å². The van der Waals surface area contributed by atoms with Gasteiger partial charge in [-0.2, -0.15) is 0 Å². The third kappa shape index (κ3) is 2.78. The summed E-state index contributed by atoms with van der Waals surface area (Å²) >= 11 is 6.56. The fourth-order valence-corrected chi connectivity index (χ4v) is 5.76. The Bertz CT molecular complexity index is 1300. The number of rotatable bonds is 4. The average molecular weight is 460 g/mol. The van der Waals surface area contributed by atoms with Crippen LogP contribution in [0.2, 0.25) is 5.02 Å². The molecule has 9 heteroatoms. The molecule has 1 aromatic heterocycles. The summed E-state index contributed by atoms with van der Waals surface area (Å²) in [5, 5.41) is 11.8. The van der Waals surface area contributed by atoms with E-state index in [-0.39, 0.29) is 10.7 Å². The Balaban J connectivity index is 2.26. The number of aromatic nitrogens is 1. The van der Waals surface area contributed by atoms with Gasteiger partial charge in [-0.3, -0.25) is 10.1 Å². The minimum atomic E-state index is -4.16. The molecule has 168 valence electrons. The van der Waals surface area contributed by atoms with E-state index in [1.54, 1.807) is 13.8 Å². The number of hydrogen-bond donors (Lipinski definition) is 0. The van der Waals surface area contributed by atoms with Crippen molar-refractivity contribution in [2.24, 2.45) is 0 Å². The van der Waals surface area contributed by atoms with Gasteiger partial charge in [0, 0.05) is 46.5 Å². The molecule has 2 aromatic rings. The van der Waals surface area contributed by atoms with Crippen molar-refractivity contribution in [1.29, 1.82) is 0 Å². The number of nitro groups is 1. The highest BCUT2D eigenvalue weighted by Gasteiger charge is 2.56. The van der Waals surface area contributed by atoms with E-state index in [9.17, 15) is 10.1 Å². The van der Waals surface area contributed by atoms with E-state index in [1.165, 1.54) is 18.2 Å². The van der Waals surface area contributed by atoms with Crippen LogP contribution in [0.4, 0.5) is 14.3 Å². The summed E-state index contributed by atoms with van der Waals surface area (Å²) in [5.41, 5.74) is 5.81. The molecule has 3 heterocycles. The van der Waals surface area contributed by atoms with Crippen LogP contribution in [0.1, 0.15) is 62.2 Å². The van der Waals surface area contributed by atoms with Crippen LogP contribution in [0.3, 0.4) is 0 Å². The molecule has 0 unspecified atom stereocenters. The molecule has 0 atom stereocenters. The molecule has 0 N–H and O–H groups in total. The Hall–Kier alpha value is -2.74. The zero-order valence-corrected chi connectivity index (χ0v) is 19.8. The fraction of sp³-hybridized carbons (Fsp3) is 0.348. The van der Waals surface area contributed by atoms with Gasteiger partial charge in [0.1, 0.15) is 5.71 Å². The number of fused-ring (bicyclic) bond motifs is 2. The summed E-state index contributed by atoms with van der Waals surface area (Å²) in [6, 6.07) is 4.19. The van der Waals surface area contributed by atoms with E-state index in [0.29, 0.717) is 46.8 Å². The number of nitro benzene ring substituents is 1. The summed E-state index contributed by atoms with van der Waals surface area (Å²) in [6.45, 7) is 6.85. The maximum absolute atomic E-state index is 16.2. The molecule has 2 aliphatic heterocycles. The van der Waals surface area contributed by atoms with Gasteiger partial charge < -0.3 is 17.6 Å². The van der Waals surface area contributed by atoms with Crippen LogP contribution in [0.25, 0.3) is 5.57 Å². The van der Waals surface area contributed by atoms with Crippen molar-refractivity contribution >= 4 is 35.5 Å². The van der Waals surface area contributed by atoms with Gasteiger partial charge in [-0.1, -0.05) is 25.4 Å². The van der Waals surface area contributed by atoms with Gasteiger partial charge in [0.25, 0.3) is 5.69 Å². The zero-order valence-electron chi connectivity index (χ0n) is 19.0. The molecule has 0 fully saturated rings. The highest BCUT2D eigenvalue weighted by Crippen LogP contribution is 2.48. The Morgan fingerprint density at radius 1 is 1.16 bits per heavy atom. The van der Waals surface area contributed by atoms with Crippen LogP contribution >= 0.6 is 11.6 Å². The summed E-state index contributed by atoms with van der Waals surface area (Å²) in [7, 11) is 0. The summed E-state index contributed by atoms with van der Waals surface area (Å²) in [5.74, 6) is 0. The molecular formula is C23H25BClF2N3O2. The minimum Gasteiger partial charge on any atom is -0.393 e. The van der Waals surface area contributed by atoms with Crippen molar-refractivity contribution in [3.63, 3.8) is 0 Å². The molecule has 1 aromatic carbocycles. The number of benzene rings is 1.